The average molecular weight is 245 g/mol. The van der Waals surface area contributed by atoms with Gasteiger partial charge < -0.3 is 4.74 Å². The van der Waals surface area contributed by atoms with E-state index in [2.05, 4.69) is 42.6 Å². The van der Waals surface area contributed by atoms with Gasteiger partial charge in [0.15, 0.2) is 0 Å². The molecule has 1 aromatic rings. The monoisotopic (exact) mass is 245 g/mol. The molecule has 0 N–H and O–H groups in total. The van der Waals surface area contributed by atoms with Crippen LogP contribution in [0.4, 0.5) is 0 Å². The molecule has 3 heteroatoms. The summed E-state index contributed by atoms with van der Waals surface area (Å²) in [6.07, 6.45) is 1.08. The number of nitrogens with zero attached hydrogens (tertiary/aromatic N) is 1. The number of hydrogen-bond donors (Lipinski definition) is 0. The number of hydrogen-bond acceptors (Lipinski definition) is 2. The molecule has 0 bridgehead atoms. The van der Waals surface area contributed by atoms with Gasteiger partial charge in [-0.1, -0.05) is 32.2 Å². The number of benzene rings is 1. The van der Waals surface area contributed by atoms with Crippen LogP contribution in [0.5, 0.6) is 0 Å². The van der Waals surface area contributed by atoms with Crippen LogP contribution in [0.15, 0.2) is 34.6 Å². The van der Waals surface area contributed by atoms with Crippen molar-refractivity contribution in [3.8, 4) is 0 Å². The Morgan fingerprint density at radius 3 is 2.76 bits per heavy atom. The Hall–Kier alpha value is -1.14. The molecule has 0 amide bonds. The summed E-state index contributed by atoms with van der Waals surface area (Å²) in [6.45, 7) is 6.16. The topological polar surface area (TPSA) is 21.6 Å². The van der Waals surface area contributed by atoms with Crippen molar-refractivity contribution in [3.05, 3.63) is 40.7 Å². The van der Waals surface area contributed by atoms with Crippen molar-refractivity contribution >= 4 is 19.4 Å². The summed E-state index contributed by atoms with van der Waals surface area (Å²) in [6, 6.07) is 8.63. The zero-order valence-corrected chi connectivity index (χ0v) is 11.1. The second-order valence-electron chi connectivity index (χ2n) is 4.59. The fourth-order valence-corrected chi connectivity index (χ4v) is 3.60. The third-order valence-electron chi connectivity index (χ3n) is 3.27. The third-order valence-corrected chi connectivity index (χ3v) is 4.73. The van der Waals surface area contributed by atoms with Crippen LogP contribution in [0.3, 0.4) is 0 Å². The SMILES string of the molecule is CP(C)C1=C(C2=NCCO2)c2ccccc2C1. The van der Waals surface area contributed by atoms with Gasteiger partial charge in [0.05, 0.1) is 6.54 Å². The first-order valence-corrected chi connectivity index (χ1v) is 8.17. The Morgan fingerprint density at radius 1 is 1.24 bits per heavy atom. The lowest BCUT2D eigenvalue weighted by atomic mass is 10.1. The number of rotatable bonds is 2. The quantitative estimate of drug-likeness (QED) is 0.733. The number of ether oxygens (including phenoxy) is 1. The number of fused-ring (bicyclic) bond motifs is 1. The molecule has 0 unspecified atom stereocenters. The molecule has 0 radical (unpaired) electrons. The highest BCUT2D eigenvalue weighted by Gasteiger charge is 2.28. The molecule has 1 aliphatic carbocycles. The van der Waals surface area contributed by atoms with E-state index >= 15 is 0 Å². The van der Waals surface area contributed by atoms with Crippen molar-refractivity contribution in [2.45, 2.75) is 6.42 Å². The van der Waals surface area contributed by atoms with Gasteiger partial charge in [-0.3, -0.25) is 0 Å². The summed E-state index contributed by atoms with van der Waals surface area (Å²) >= 11 is 0. The summed E-state index contributed by atoms with van der Waals surface area (Å²) in [5, 5.41) is 1.53. The second kappa shape index (κ2) is 4.27. The molecular formula is C14H16NOP. The molecule has 3 rings (SSSR count). The normalized spacial score (nSPS) is 18.4. The highest BCUT2D eigenvalue weighted by Crippen LogP contribution is 2.49. The van der Waals surface area contributed by atoms with Gasteiger partial charge >= 0.3 is 0 Å². The fourth-order valence-electron chi connectivity index (χ4n) is 2.45. The van der Waals surface area contributed by atoms with E-state index in [1.807, 2.05) is 0 Å². The lowest BCUT2D eigenvalue weighted by Crippen LogP contribution is -2.02. The van der Waals surface area contributed by atoms with Crippen LogP contribution in [0.25, 0.3) is 5.57 Å². The third kappa shape index (κ3) is 1.81. The number of allylic oxidation sites excluding steroid dienone is 1. The van der Waals surface area contributed by atoms with E-state index in [0.717, 1.165) is 25.5 Å². The Balaban J connectivity index is 2.13. The zero-order valence-electron chi connectivity index (χ0n) is 10.2. The van der Waals surface area contributed by atoms with Crippen LogP contribution in [0.2, 0.25) is 0 Å². The van der Waals surface area contributed by atoms with Crippen molar-refractivity contribution in [1.29, 1.82) is 0 Å². The van der Waals surface area contributed by atoms with Gasteiger partial charge in [0, 0.05) is 5.57 Å². The summed E-state index contributed by atoms with van der Waals surface area (Å²) in [5.41, 5.74) is 4.04. The van der Waals surface area contributed by atoms with E-state index in [1.165, 1.54) is 22.0 Å². The van der Waals surface area contributed by atoms with Gasteiger partial charge in [0.2, 0.25) is 5.90 Å². The predicted octanol–water partition coefficient (Wildman–Crippen LogP) is 3.12. The van der Waals surface area contributed by atoms with E-state index in [-0.39, 0.29) is 7.92 Å². The second-order valence-corrected chi connectivity index (χ2v) is 6.91. The summed E-state index contributed by atoms with van der Waals surface area (Å²) < 4.78 is 5.68. The van der Waals surface area contributed by atoms with E-state index in [1.54, 1.807) is 0 Å². The number of aliphatic imine (C=N–C) groups is 1. The van der Waals surface area contributed by atoms with E-state index in [4.69, 9.17) is 4.74 Å². The van der Waals surface area contributed by atoms with Gasteiger partial charge in [-0.05, 0) is 36.2 Å². The van der Waals surface area contributed by atoms with Gasteiger partial charge in [0.25, 0.3) is 0 Å². The Morgan fingerprint density at radius 2 is 2.06 bits per heavy atom. The smallest absolute Gasteiger partial charge is 0.217 e. The molecule has 2 aliphatic rings. The highest BCUT2D eigenvalue weighted by molar-refractivity contribution is 7.60. The molecule has 2 nitrogen and oxygen atoms in total. The van der Waals surface area contributed by atoms with Crippen molar-refractivity contribution in [3.63, 3.8) is 0 Å². The van der Waals surface area contributed by atoms with E-state index < -0.39 is 0 Å². The average Bonchev–Trinajstić information content (AvgIpc) is 2.94. The zero-order chi connectivity index (χ0) is 11.8. The predicted molar refractivity (Wildman–Crippen MR) is 74.1 cm³/mol. The van der Waals surface area contributed by atoms with Crippen LogP contribution in [-0.2, 0) is 11.2 Å². The van der Waals surface area contributed by atoms with Crippen molar-refractivity contribution in [1.82, 2.24) is 0 Å². The van der Waals surface area contributed by atoms with Gasteiger partial charge in [-0.25, -0.2) is 4.99 Å². The molecule has 0 saturated heterocycles. The lowest BCUT2D eigenvalue weighted by Gasteiger charge is -2.11. The van der Waals surface area contributed by atoms with Crippen molar-refractivity contribution in [2.24, 2.45) is 4.99 Å². The van der Waals surface area contributed by atoms with Gasteiger partial charge in [0.1, 0.15) is 6.61 Å². The first-order valence-electron chi connectivity index (χ1n) is 5.94. The molecule has 0 saturated carbocycles. The van der Waals surface area contributed by atoms with Crippen LogP contribution in [0, 0.1) is 0 Å². The highest BCUT2D eigenvalue weighted by atomic mass is 31.1. The first kappa shape index (κ1) is 11.0. The van der Waals surface area contributed by atoms with Crippen LogP contribution in [-0.4, -0.2) is 32.4 Å². The molecule has 0 aromatic heterocycles. The molecule has 0 fully saturated rings. The molecule has 88 valence electrons. The minimum atomic E-state index is -0.0846. The molecule has 0 spiro atoms. The fraction of sp³-hybridized carbons (Fsp3) is 0.357. The van der Waals surface area contributed by atoms with Crippen LogP contribution < -0.4 is 0 Å². The molecule has 1 heterocycles. The standard InChI is InChI=1S/C14H16NOP/c1-17(2)12-9-10-5-3-4-6-11(10)13(12)14-15-7-8-16-14/h3-6H,7-9H2,1-2H3. The summed E-state index contributed by atoms with van der Waals surface area (Å²) in [4.78, 5) is 4.50. The maximum Gasteiger partial charge on any atom is 0.217 e. The molecule has 1 aromatic carbocycles. The Labute approximate surface area is 103 Å². The Bertz CT molecular complexity index is 517. The maximum absolute atomic E-state index is 5.68. The minimum absolute atomic E-state index is 0.0846. The van der Waals surface area contributed by atoms with Crippen molar-refractivity contribution in [2.75, 3.05) is 26.5 Å². The Kier molecular flexibility index (Phi) is 2.76. The van der Waals surface area contributed by atoms with Gasteiger partial charge in [-0.15, -0.1) is 0 Å². The largest absolute Gasteiger partial charge is 0.475 e. The lowest BCUT2D eigenvalue weighted by molar-refractivity contribution is 0.351. The first-order chi connectivity index (χ1) is 8.27. The maximum atomic E-state index is 5.68. The van der Waals surface area contributed by atoms with Gasteiger partial charge in [-0.2, -0.15) is 0 Å². The molecular weight excluding hydrogens is 229 g/mol. The summed E-state index contributed by atoms with van der Waals surface area (Å²) in [5.74, 6) is 0.876. The summed E-state index contributed by atoms with van der Waals surface area (Å²) in [7, 11) is -0.0846. The molecule has 1 aliphatic heterocycles. The molecule has 0 atom stereocenters. The van der Waals surface area contributed by atoms with E-state index in [9.17, 15) is 0 Å². The molecule has 17 heavy (non-hydrogen) atoms. The van der Waals surface area contributed by atoms with E-state index in [0.29, 0.717) is 0 Å². The van der Waals surface area contributed by atoms with Crippen LogP contribution in [0.1, 0.15) is 11.1 Å². The van der Waals surface area contributed by atoms with Crippen molar-refractivity contribution < 1.29 is 4.74 Å². The van der Waals surface area contributed by atoms with Crippen LogP contribution >= 0.6 is 7.92 Å². The minimum Gasteiger partial charge on any atom is -0.475 e.